The van der Waals surface area contributed by atoms with Gasteiger partial charge in [-0.15, -0.1) is 0 Å². The summed E-state index contributed by atoms with van der Waals surface area (Å²) in [6.07, 6.45) is 2.47. The van der Waals surface area contributed by atoms with Crippen molar-refractivity contribution < 1.29 is 4.79 Å². The van der Waals surface area contributed by atoms with Crippen molar-refractivity contribution in [1.82, 2.24) is 25.1 Å². The Kier molecular flexibility index (Phi) is 4.45. The lowest BCUT2D eigenvalue weighted by Crippen LogP contribution is -2.29. The van der Waals surface area contributed by atoms with E-state index in [0.29, 0.717) is 24.0 Å². The predicted octanol–water partition coefficient (Wildman–Crippen LogP) is 2.07. The number of urea groups is 1. The summed E-state index contributed by atoms with van der Waals surface area (Å²) in [5.41, 5.74) is 3.12. The molecular weight excluding hydrogens is 344 g/mol. The summed E-state index contributed by atoms with van der Waals surface area (Å²) in [4.78, 5) is 31.8. The molecule has 3 aromatic rings. The topological polar surface area (TPSA) is 105 Å². The predicted molar refractivity (Wildman–Crippen MR) is 101 cm³/mol. The van der Waals surface area contributed by atoms with Gasteiger partial charge >= 0.3 is 6.03 Å². The van der Waals surface area contributed by atoms with Crippen molar-refractivity contribution >= 4 is 11.8 Å². The molecule has 8 nitrogen and oxygen atoms in total. The molecule has 27 heavy (non-hydrogen) atoms. The number of fused-ring (bicyclic) bond motifs is 1. The summed E-state index contributed by atoms with van der Waals surface area (Å²) in [6, 6.07) is 11.0. The molecule has 0 bridgehead atoms. The fourth-order valence-corrected chi connectivity index (χ4v) is 3.22. The van der Waals surface area contributed by atoms with Gasteiger partial charge in [-0.3, -0.25) is 15.1 Å². The number of nitrogens with one attached hydrogen (secondary N) is 3. The molecule has 3 N–H and O–H groups in total. The maximum absolute atomic E-state index is 12.3. The Bertz CT molecular complexity index is 1040. The van der Waals surface area contributed by atoms with Gasteiger partial charge in [0.2, 0.25) is 5.95 Å². The van der Waals surface area contributed by atoms with Crippen molar-refractivity contribution in [3.8, 4) is 5.95 Å². The molecule has 0 radical (unpaired) electrons. The number of carbonyl (C=O) groups is 1. The molecule has 0 saturated carbocycles. The Balaban J connectivity index is 1.54. The second-order valence-corrected chi connectivity index (χ2v) is 6.54. The number of nitrogens with zero attached hydrogens (tertiary/aromatic N) is 3. The molecule has 8 heteroatoms. The minimum Gasteiger partial charge on any atom is -0.334 e. The van der Waals surface area contributed by atoms with E-state index in [1.165, 1.54) is 4.68 Å². The van der Waals surface area contributed by atoms with E-state index in [-0.39, 0.29) is 11.6 Å². The van der Waals surface area contributed by atoms with Crippen LogP contribution in [-0.2, 0) is 19.4 Å². The minimum absolute atomic E-state index is 0.139. The van der Waals surface area contributed by atoms with E-state index in [1.54, 1.807) is 6.07 Å². The highest BCUT2D eigenvalue weighted by atomic mass is 16.2. The summed E-state index contributed by atoms with van der Waals surface area (Å²) in [5, 5.41) is 9.94. The summed E-state index contributed by atoms with van der Waals surface area (Å²) in [6.45, 7) is 2.22. The molecule has 1 aliphatic carbocycles. The highest BCUT2D eigenvalue weighted by Gasteiger charge is 2.19. The molecule has 2 amide bonds. The van der Waals surface area contributed by atoms with Gasteiger partial charge in [0.05, 0.1) is 11.4 Å². The number of aromatic nitrogens is 4. The summed E-state index contributed by atoms with van der Waals surface area (Å²) >= 11 is 0. The average molecular weight is 364 g/mol. The van der Waals surface area contributed by atoms with Crippen molar-refractivity contribution in [3.63, 3.8) is 0 Å². The van der Waals surface area contributed by atoms with Crippen molar-refractivity contribution in [2.45, 2.75) is 32.7 Å². The van der Waals surface area contributed by atoms with E-state index in [1.807, 2.05) is 37.3 Å². The number of benzene rings is 1. The normalized spacial score (nSPS) is 12.6. The van der Waals surface area contributed by atoms with Crippen LogP contribution < -0.4 is 16.2 Å². The maximum Gasteiger partial charge on any atom is 0.320 e. The van der Waals surface area contributed by atoms with E-state index in [2.05, 4.69) is 25.7 Å². The first-order chi connectivity index (χ1) is 13.1. The van der Waals surface area contributed by atoms with E-state index in [9.17, 15) is 9.59 Å². The molecule has 0 unspecified atom stereocenters. The third-order valence-electron chi connectivity index (χ3n) is 4.50. The van der Waals surface area contributed by atoms with Gasteiger partial charge in [0.15, 0.2) is 0 Å². The van der Waals surface area contributed by atoms with Crippen LogP contribution >= 0.6 is 0 Å². The first-order valence-corrected chi connectivity index (χ1v) is 8.88. The molecule has 0 aliphatic heterocycles. The van der Waals surface area contributed by atoms with Crippen molar-refractivity contribution in [3.05, 3.63) is 69.3 Å². The standard InChI is InChI=1S/C19H20N6O2/c1-12-10-16(22-19(27)20-11-13-6-3-2-4-7-13)25(24-12)18-21-15-9-5-8-14(15)17(26)23-18/h2-4,6-7,10H,5,8-9,11H2,1H3,(H2,20,22,27)(H,21,23,26). The van der Waals surface area contributed by atoms with Crippen LogP contribution in [0.2, 0.25) is 0 Å². The van der Waals surface area contributed by atoms with Crippen LogP contribution in [0, 0.1) is 6.92 Å². The Hall–Kier alpha value is -3.42. The lowest BCUT2D eigenvalue weighted by atomic mass is 10.2. The van der Waals surface area contributed by atoms with Crippen LogP contribution in [-0.4, -0.2) is 25.8 Å². The zero-order chi connectivity index (χ0) is 18.8. The molecule has 2 aromatic heterocycles. The molecule has 2 heterocycles. The molecule has 0 spiro atoms. The number of aromatic amines is 1. The molecule has 0 fully saturated rings. The quantitative estimate of drug-likeness (QED) is 0.659. The van der Waals surface area contributed by atoms with Gasteiger partial charge in [-0.2, -0.15) is 9.78 Å². The van der Waals surface area contributed by atoms with Crippen LogP contribution in [0.1, 0.15) is 28.9 Å². The van der Waals surface area contributed by atoms with E-state index in [0.717, 1.165) is 36.1 Å². The number of H-pyrrole nitrogens is 1. The van der Waals surface area contributed by atoms with Crippen LogP contribution in [0.4, 0.5) is 10.6 Å². The number of hydrogen-bond acceptors (Lipinski definition) is 4. The molecule has 1 aromatic carbocycles. The first kappa shape index (κ1) is 17.0. The van der Waals surface area contributed by atoms with Gasteiger partial charge in [-0.25, -0.2) is 9.78 Å². The first-order valence-electron chi connectivity index (χ1n) is 8.88. The van der Waals surface area contributed by atoms with Gasteiger partial charge in [-0.05, 0) is 31.7 Å². The molecule has 0 atom stereocenters. The van der Waals surface area contributed by atoms with Crippen molar-refractivity contribution in [1.29, 1.82) is 0 Å². The smallest absolute Gasteiger partial charge is 0.320 e. The lowest BCUT2D eigenvalue weighted by Gasteiger charge is -2.10. The second kappa shape index (κ2) is 7.06. The van der Waals surface area contributed by atoms with Gasteiger partial charge in [0.1, 0.15) is 5.82 Å². The number of anilines is 1. The molecule has 138 valence electrons. The van der Waals surface area contributed by atoms with Crippen LogP contribution in [0.15, 0.2) is 41.2 Å². The van der Waals surface area contributed by atoms with E-state index < -0.39 is 0 Å². The van der Waals surface area contributed by atoms with Crippen LogP contribution in [0.25, 0.3) is 5.95 Å². The summed E-state index contributed by atoms with van der Waals surface area (Å²) in [7, 11) is 0. The van der Waals surface area contributed by atoms with Gasteiger partial charge in [-0.1, -0.05) is 30.3 Å². The summed E-state index contributed by atoms with van der Waals surface area (Å²) in [5.74, 6) is 0.756. The Morgan fingerprint density at radius 3 is 2.89 bits per heavy atom. The van der Waals surface area contributed by atoms with Crippen molar-refractivity contribution in [2.75, 3.05) is 5.32 Å². The van der Waals surface area contributed by atoms with E-state index >= 15 is 0 Å². The highest BCUT2D eigenvalue weighted by molar-refractivity contribution is 5.88. The highest BCUT2D eigenvalue weighted by Crippen LogP contribution is 2.19. The van der Waals surface area contributed by atoms with Crippen LogP contribution in [0.5, 0.6) is 0 Å². The van der Waals surface area contributed by atoms with Gasteiger partial charge in [0, 0.05) is 18.2 Å². The molecular formula is C19H20N6O2. The van der Waals surface area contributed by atoms with Gasteiger partial charge < -0.3 is 5.32 Å². The molecule has 1 aliphatic rings. The average Bonchev–Trinajstić information content (AvgIpc) is 3.27. The second-order valence-electron chi connectivity index (χ2n) is 6.54. The maximum atomic E-state index is 12.3. The number of aryl methyl sites for hydroxylation is 2. The Morgan fingerprint density at radius 2 is 2.07 bits per heavy atom. The zero-order valence-electron chi connectivity index (χ0n) is 15.0. The SMILES string of the molecule is Cc1cc(NC(=O)NCc2ccccc2)n(-c2nc3c(c(=O)[nH]2)CCC3)n1. The van der Waals surface area contributed by atoms with Crippen LogP contribution in [0.3, 0.4) is 0 Å². The minimum atomic E-state index is -0.358. The van der Waals surface area contributed by atoms with Gasteiger partial charge in [0.25, 0.3) is 5.56 Å². The third kappa shape index (κ3) is 3.59. The number of rotatable bonds is 4. The molecule has 0 saturated heterocycles. The monoisotopic (exact) mass is 364 g/mol. The largest absolute Gasteiger partial charge is 0.334 e. The fourth-order valence-electron chi connectivity index (χ4n) is 3.22. The Morgan fingerprint density at radius 1 is 1.26 bits per heavy atom. The molecule has 4 rings (SSSR count). The number of carbonyl (C=O) groups excluding carboxylic acids is 1. The number of hydrogen-bond donors (Lipinski definition) is 3. The fraction of sp³-hybridized carbons (Fsp3) is 0.263. The summed E-state index contributed by atoms with van der Waals surface area (Å²) < 4.78 is 1.46. The van der Waals surface area contributed by atoms with Crippen molar-refractivity contribution in [2.24, 2.45) is 0 Å². The number of amides is 2. The third-order valence-corrected chi connectivity index (χ3v) is 4.50. The Labute approximate surface area is 155 Å². The van der Waals surface area contributed by atoms with E-state index in [4.69, 9.17) is 0 Å². The zero-order valence-corrected chi connectivity index (χ0v) is 15.0. The lowest BCUT2D eigenvalue weighted by molar-refractivity contribution is 0.251.